The van der Waals surface area contributed by atoms with E-state index < -0.39 is 10.0 Å². The summed E-state index contributed by atoms with van der Waals surface area (Å²) in [6.45, 7) is 2.12. The lowest BCUT2D eigenvalue weighted by Gasteiger charge is -2.22. The van der Waals surface area contributed by atoms with E-state index in [1.165, 1.54) is 17.0 Å². The number of sulfonamides is 1. The molecule has 134 valence electrons. The first kappa shape index (κ1) is 19.2. The van der Waals surface area contributed by atoms with Gasteiger partial charge in [0, 0.05) is 18.6 Å². The van der Waals surface area contributed by atoms with E-state index in [1.807, 2.05) is 18.2 Å². The number of urea groups is 1. The summed E-state index contributed by atoms with van der Waals surface area (Å²) in [5.74, 6) is 0. The highest BCUT2D eigenvalue weighted by Crippen LogP contribution is 2.19. The standard InChI is InChI=1S/C17H20ClN3O3S/c1-12(13-7-5-8-15(10-13)25(19,23)24)20-17(22)21(2)11-14-6-3-4-9-16(14)18/h3-10,12H,11H2,1-2H3,(H,20,22)(H2,19,23,24). The van der Waals surface area contributed by atoms with E-state index in [9.17, 15) is 13.2 Å². The van der Waals surface area contributed by atoms with Crippen molar-refractivity contribution in [3.8, 4) is 0 Å². The zero-order valence-electron chi connectivity index (χ0n) is 13.9. The molecule has 2 aromatic carbocycles. The molecule has 1 unspecified atom stereocenters. The highest BCUT2D eigenvalue weighted by molar-refractivity contribution is 7.89. The van der Waals surface area contributed by atoms with E-state index in [2.05, 4.69) is 5.32 Å². The summed E-state index contributed by atoms with van der Waals surface area (Å²) in [6.07, 6.45) is 0. The number of hydrogen-bond acceptors (Lipinski definition) is 3. The number of nitrogens with one attached hydrogen (secondary N) is 1. The van der Waals surface area contributed by atoms with E-state index in [4.69, 9.17) is 16.7 Å². The Balaban J connectivity index is 2.06. The van der Waals surface area contributed by atoms with Crippen molar-refractivity contribution >= 4 is 27.7 Å². The topological polar surface area (TPSA) is 92.5 Å². The van der Waals surface area contributed by atoms with Crippen LogP contribution in [0.15, 0.2) is 53.4 Å². The van der Waals surface area contributed by atoms with Gasteiger partial charge in [-0.1, -0.05) is 41.9 Å². The largest absolute Gasteiger partial charge is 0.331 e. The van der Waals surface area contributed by atoms with Crippen LogP contribution in [-0.4, -0.2) is 26.4 Å². The number of nitrogens with two attached hydrogens (primary N) is 1. The molecule has 2 amide bonds. The molecule has 2 aromatic rings. The molecule has 0 fully saturated rings. The van der Waals surface area contributed by atoms with Gasteiger partial charge in [0.1, 0.15) is 0 Å². The summed E-state index contributed by atoms with van der Waals surface area (Å²) in [7, 11) is -2.13. The lowest BCUT2D eigenvalue weighted by molar-refractivity contribution is 0.203. The number of hydrogen-bond donors (Lipinski definition) is 2. The Hall–Kier alpha value is -2.09. The monoisotopic (exact) mass is 381 g/mol. The third-order valence-electron chi connectivity index (χ3n) is 3.74. The molecule has 25 heavy (non-hydrogen) atoms. The molecule has 3 N–H and O–H groups in total. The van der Waals surface area contributed by atoms with Crippen molar-refractivity contribution in [2.24, 2.45) is 5.14 Å². The maximum Gasteiger partial charge on any atom is 0.317 e. The SMILES string of the molecule is CC(NC(=O)N(C)Cc1ccccc1Cl)c1cccc(S(N)(=O)=O)c1. The molecular weight excluding hydrogens is 362 g/mol. The normalized spacial score (nSPS) is 12.5. The minimum Gasteiger partial charge on any atom is -0.331 e. The third kappa shape index (κ3) is 5.19. The fourth-order valence-electron chi connectivity index (χ4n) is 2.29. The van der Waals surface area contributed by atoms with E-state index in [0.717, 1.165) is 5.56 Å². The van der Waals surface area contributed by atoms with Gasteiger partial charge in [0.25, 0.3) is 0 Å². The molecule has 0 radical (unpaired) electrons. The third-order valence-corrected chi connectivity index (χ3v) is 5.02. The van der Waals surface area contributed by atoms with Gasteiger partial charge in [-0.2, -0.15) is 0 Å². The molecular formula is C17H20ClN3O3S. The van der Waals surface area contributed by atoms with E-state index >= 15 is 0 Å². The summed E-state index contributed by atoms with van der Waals surface area (Å²) in [6, 6.07) is 12.8. The fraction of sp³-hybridized carbons (Fsp3) is 0.235. The number of amides is 2. The Bertz CT molecular complexity index is 871. The average molecular weight is 382 g/mol. The van der Waals surface area contributed by atoms with Gasteiger partial charge < -0.3 is 10.2 Å². The van der Waals surface area contributed by atoms with Crippen LogP contribution in [0.2, 0.25) is 5.02 Å². The summed E-state index contributed by atoms with van der Waals surface area (Å²) >= 11 is 6.11. The van der Waals surface area contributed by atoms with Crippen LogP contribution < -0.4 is 10.5 Å². The van der Waals surface area contributed by atoms with Crippen LogP contribution in [0, 0.1) is 0 Å². The van der Waals surface area contributed by atoms with Crippen LogP contribution in [0.1, 0.15) is 24.1 Å². The van der Waals surface area contributed by atoms with Gasteiger partial charge in [0.2, 0.25) is 10.0 Å². The molecule has 0 bridgehead atoms. The van der Waals surface area contributed by atoms with Gasteiger partial charge in [-0.25, -0.2) is 18.4 Å². The lowest BCUT2D eigenvalue weighted by atomic mass is 10.1. The molecule has 0 aliphatic heterocycles. The number of benzene rings is 2. The predicted molar refractivity (Wildman–Crippen MR) is 97.7 cm³/mol. The second kappa shape index (κ2) is 7.86. The van der Waals surface area contributed by atoms with Crippen molar-refractivity contribution in [3.05, 3.63) is 64.7 Å². The van der Waals surface area contributed by atoms with Crippen LogP contribution in [0.5, 0.6) is 0 Å². The summed E-state index contributed by atoms with van der Waals surface area (Å²) < 4.78 is 22.9. The van der Waals surface area contributed by atoms with E-state index in [1.54, 1.807) is 32.2 Å². The van der Waals surface area contributed by atoms with Crippen molar-refractivity contribution in [3.63, 3.8) is 0 Å². The molecule has 0 aliphatic carbocycles. The van der Waals surface area contributed by atoms with Gasteiger partial charge in [-0.15, -0.1) is 0 Å². The summed E-state index contributed by atoms with van der Waals surface area (Å²) in [4.78, 5) is 13.9. The maximum atomic E-state index is 12.4. The first-order chi connectivity index (χ1) is 11.7. The molecule has 0 spiro atoms. The summed E-state index contributed by atoms with van der Waals surface area (Å²) in [5, 5.41) is 8.56. The predicted octanol–water partition coefficient (Wildman–Crippen LogP) is 2.89. The zero-order chi connectivity index (χ0) is 18.6. The van der Waals surface area contributed by atoms with E-state index in [-0.39, 0.29) is 17.0 Å². The molecule has 2 rings (SSSR count). The maximum absolute atomic E-state index is 12.4. The zero-order valence-corrected chi connectivity index (χ0v) is 15.5. The van der Waals surface area contributed by atoms with Crippen molar-refractivity contribution in [2.45, 2.75) is 24.4 Å². The van der Waals surface area contributed by atoms with Crippen LogP contribution in [0.25, 0.3) is 0 Å². The molecule has 6 nitrogen and oxygen atoms in total. The van der Waals surface area contributed by atoms with Crippen molar-refractivity contribution < 1.29 is 13.2 Å². The molecule has 8 heteroatoms. The van der Waals surface area contributed by atoms with Gasteiger partial charge >= 0.3 is 6.03 Å². The smallest absolute Gasteiger partial charge is 0.317 e. The Morgan fingerprint density at radius 3 is 2.56 bits per heavy atom. The Morgan fingerprint density at radius 1 is 1.24 bits per heavy atom. The molecule has 1 atom stereocenters. The minimum atomic E-state index is -3.79. The van der Waals surface area contributed by atoms with Crippen LogP contribution in [0.3, 0.4) is 0 Å². The number of primary sulfonamides is 1. The highest BCUT2D eigenvalue weighted by Gasteiger charge is 2.16. The number of carbonyl (C=O) groups excluding carboxylic acids is 1. The van der Waals surface area contributed by atoms with Gasteiger partial charge in [0.15, 0.2) is 0 Å². The van der Waals surface area contributed by atoms with Crippen LogP contribution in [0.4, 0.5) is 4.79 Å². The Morgan fingerprint density at radius 2 is 1.92 bits per heavy atom. The van der Waals surface area contributed by atoms with Crippen molar-refractivity contribution in [2.75, 3.05) is 7.05 Å². The van der Waals surface area contributed by atoms with Crippen molar-refractivity contribution in [1.29, 1.82) is 0 Å². The van der Waals surface area contributed by atoms with Gasteiger partial charge in [-0.05, 0) is 36.2 Å². The first-order valence-corrected chi connectivity index (χ1v) is 9.48. The Kier molecular flexibility index (Phi) is 6.05. The van der Waals surface area contributed by atoms with Crippen LogP contribution >= 0.6 is 11.6 Å². The number of carbonyl (C=O) groups is 1. The summed E-state index contributed by atoms with van der Waals surface area (Å²) in [5.41, 5.74) is 1.48. The molecule has 0 aliphatic rings. The highest BCUT2D eigenvalue weighted by atomic mass is 35.5. The number of nitrogens with zero attached hydrogens (tertiary/aromatic N) is 1. The second-order valence-electron chi connectivity index (χ2n) is 5.74. The number of halogens is 1. The molecule has 0 aromatic heterocycles. The van der Waals surface area contributed by atoms with Gasteiger partial charge in [0.05, 0.1) is 10.9 Å². The second-order valence-corrected chi connectivity index (χ2v) is 7.70. The first-order valence-electron chi connectivity index (χ1n) is 7.56. The van der Waals surface area contributed by atoms with Crippen LogP contribution in [-0.2, 0) is 16.6 Å². The Labute approximate surface area is 152 Å². The minimum absolute atomic E-state index is 0.00974. The number of rotatable bonds is 5. The molecule has 0 saturated carbocycles. The quantitative estimate of drug-likeness (QED) is 0.833. The molecule has 0 heterocycles. The fourth-order valence-corrected chi connectivity index (χ4v) is 3.06. The molecule has 0 saturated heterocycles. The van der Waals surface area contributed by atoms with Gasteiger partial charge in [-0.3, -0.25) is 0 Å². The van der Waals surface area contributed by atoms with E-state index in [0.29, 0.717) is 17.1 Å². The van der Waals surface area contributed by atoms with Crippen molar-refractivity contribution in [1.82, 2.24) is 10.2 Å². The average Bonchev–Trinajstić information content (AvgIpc) is 2.56. The lowest BCUT2D eigenvalue weighted by Crippen LogP contribution is -2.38.